The maximum atomic E-state index is 9.09. The smallest absolute Gasteiger partial charge is 0.0659 e. The van der Waals surface area contributed by atoms with Gasteiger partial charge in [0.25, 0.3) is 0 Å². The number of hydrogen-bond acceptors (Lipinski definition) is 4. The van der Waals surface area contributed by atoms with Crippen LogP contribution in [0.2, 0.25) is 0 Å². The van der Waals surface area contributed by atoms with E-state index in [1.807, 2.05) is 11.3 Å². The zero-order valence-corrected chi connectivity index (χ0v) is 11.9. The predicted octanol–water partition coefficient (Wildman–Crippen LogP) is 1.67. The molecular weight excluding hydrogens is 337 g/mol. The lowest BCUT2D eigenvalue weighted by molar-refractivity contribution is 0.159. The molecule has 90 valence electrons. The van der Waals surface area contributed by atoms with E-state index in [1.54, 1.807) is 0 Å². The number of aryl methyl sites for hydroxylation is 1. The zero-order valence-electron chi connectivity index (χ0n) is 8.95. The maximum Gasteiger partial charge on any atom is 0.0659 e. The minimum Gasteiger partial charge on any atom is -0.395 e. The van der Waals surface area contributed by atoms with Gasteiger partial charge in [-0.1, -0.05) is 0 Å². The third-order valence-corrected chi connectivity index (χ3v) is 4.93. The standard InChI is InChI=1S/C11H16INO2S/c12-11-4-8-9(13-7(5-14)6-15)2-1-3-10(8)16-11/h4,7,9,13-15H,1-3,5-6H2. The summed E-state index contributed by atoms with van der Waals surface area (Å²) in [5.74, 6) is 0. The predicted molar refractivity (Wildman–Crippen MR) is 73.8 cm³/mol. The molecule has 0 fully saturated rings. The van der Waals surface area contributed by atoms with Crippen LogP contribution < -0.4 is 5.32 Å². The number of aliphatic hydroxyl groups is 2. The zero-order chi connectivity index (χ0) is 11.5. The number of halogens is 1. The summed E-state index contributed by atoms with van der Waals surface area (Å²) in [4.78, 5) is 1.46. The summed E-state index contributed by atoms with van der Waals surface area (Å²) < 4.78 is 1.32. The van der Waals surface area contributed by atoms with E-state index in [2.05, 4.69) is 34.0 Å². The topological polar surface area (TPSA) is 52.5 Å². The number of hydrogen-bond donors (Lipinski definition) is 3. The van der Waals surface area contributed by atoms with Crippen molar-refractivity contribution in [1.29, 1.82) is 0 Å². The van der Waals surface area contributed by atoms with E-state index >= 15 is 0 Å². The van der Waals surface area contributed by atoms with Gasteiger partial charge in [-0.25, -0.2) is 0 Å². The van der Waals surface area contributed by atoms with Gasteiger partial charge in [-0.05, 0) is 53.5 Å². The minimum atomic E-state index is -0.200. The van der Waals surface area contributed by atoms with Crippen LogP contribution in [0.5, 0.6) is 0 Å². The van der Waals surface area contributed by atoms with Gasteiger partial charge in [0, 0.05) is 10.9 Å². The summed E-state index contributed by atoms with van der Waals surface area (Å²) in [6.07, 6.45) is 3.45. The molecule has 1 aromatic rings. The number of aliphatic hydroxyl groups excluding tert-OH is 2. The van der Waals surface area contributed by atoms with E-state index in [4.69, 9.17) is 10.2 Å². The highest BCUT2D eigenvalue weighted by atomic mass is 127. The van der Waals surface area contributed by atoms with Crippen molar-refractivity contribution in [3.8, 4) is 0 Å². The molecule has 3 nitrogen and oxygen atoms in total. The highest BCUT2D eigenvalue weighted by Gasteiger charge is 2.24. The molecule has 1 atom stereocenters. The Balaban J connectivity index is 2.12. The summed E-state index contributed by atoms with van der Waals surface area (Å²) in [5, 5.41) is 21.5. The Morgan fingerprint density at radius 3 is 2.94 bits per heavy atom. The van der Waals surface area contributed by atoms with E-state index in [1.165, 1.54) is 26.2 Å². The second-order valence-electron chi connectivity index (χ2n) is 4.10. The molecule has 1 heterocycles. The molecule has 0 aromatic carbocycles. The average molecular weight is 353 g/mol. The van der Waals surface area contributed by atoms with Crippen LogP contribution >= 0.6 is 33.9 Å². The lowest BCUT2D eigenvalue weighted by Gasteiger charge is -2.27. The molecule has 0 saturated heterocycles. The fourth-order valence-corrected chi connectivity index (χ4v) is 4.26. The summed E-state index contributed by atoms with van der Waals surface area (Å²) in [6.45, 7) is -0.0207. The Morgan fingerprint density at radius 1 is 1.50 bits per heavy atom. The van der Waals surface area contributed by atoms with Gasteiger partial charge in [0.2, 0.25) is 0 Å². The van der Waals surface area contributed by atoms with Crippen molar-refractivity contribution >= 4 is 33.9 Å². The first-order valence-corrected chi connectivity index (χ1v) is 7.40. The monoisotopic (exact) mass is 353 g/mol. The Morgan fingerprint density at radius 2 is 2.25 bits per heavy atom. The van der Waals surface area contributed by atoms with Gasteiger partial charge in [-0.15, -0.1) is 11.3 Å². The van der Waals surface area contributed by atoms with Crippen LogP contribution in [0.4, 0.5) is 0 Å². The minimum absolute atomic E-state index is 0.0104. The summed E-state index contributed by atoms with van der Waals surface area (Å²) in [7, 11) is 0. The van der Waals surface area contributed by atoms with Crippen molar-refractivity contribution < 1.29 is 10.2 Å². The van der Waals surface area contributed by atoms with Gasteiger partial charge < -0.3 is 15.5 Å². The molecule has 5 heteroatoms. The van der Waals surface area contributed by atoms with Crippen molar-refractivity contribution in [3.05, 3.63) is 19.4 Å². The van der Waals surface area contributed by atoms with Crippen molar-refractivity contribution in [3.63, 3.8) is 0 Å². The second-order valence-corrected chi connectivity index (χ2v) is 7.13. The summed E-state index contributed by atoms with van der Waals surface area (Å²) in [6, 6.07) is 2.32. The molecule has 0 radical (unpaired) electrons. The SMILES string of the molecule is OCC(CO)NC1CCCc2sc(I)cc21. The quantitative estimate of drug-likeness (QED) is 0.722. The molecule has 2 rings (SSSR count). The molecule has 1 unspecified atom stereocenters. The van der Waals surface area contributed by atoms with Crippen LogP contribution in [0, 0.1) is 2.88 Å². The van der Waals surface area contributed by atoms with E-state index in [-0.39, 0.29) is 19.3 Å². The van der Waals surface area contributed by atoms with Crippen LogP contribution in [0.1, 0.15) is 29.3 Å². The Hall–Kier alpha value is 0.310. The van der Waals surface area contributed by atoms with E-state index in [9.17, 15) is 0 Å². The Bertz CT molecular complexity index is 352. The molecule has 1 aromatic heterocycles. The van der Waals surface area contributed by atoms with E-state index < -0.39 is 0 Å². The average Bonchev–Trinajstić information content (AvgIpc) is 2.67. The number of rotatable bonds is 4. The molecule has 0 spiro atoms. The van der Waals surface area contributed by atoms with Crippen molar-refractivity contribution in [2.75, 3.05) is 13.2 Å². The fraction of sp³-hybridized carbons (Fsp3) is 0.636. The molecule has 0 aliphatic heterocycles. The van der Waals surface area contributed by atoms with Crippen LogP contribution in [-0.4, -0.2) is 29.5 Å². The van der Waals surface area contributed by atoms with Crippen LogP contribution in [0.15, 0.2) is 6.07 Å². The van der Waals surface area contributed by atoms with Gasteiger partial charge in [0.1, 0.15) is 0 Å². The third kappa shape index (κ3) is 2.76. The van der Waals surface area contributed by atoms with E-state index in [0.29, 0.717) is 6.04 Å². The number of nitrogens with one attached hydrogen (secondary N) is 1. The molecule has 16 heavy (non-hydrogen) atoms. The molecule has 0 bridgehead atoms. The molecule has 0 amide bonds. The van der Waals surface area contributed by atoms with Crippen molar-refractivity contribution in [2.24, 2.45) is 0 Å². The van der Waals surface area contributed by atoms with Crippen molar-refractivity contribution in [2.45, 2.75) is 31.3 Å². The summed E-state index contributed by atoms with van der Waals surface area (Å²) in [5.41, 5.74) is 1.37. The van der Waals surface area contributed by atoms with Crippen LogP contribution in [0.25, 0.3) is 0 Å². The van der Waals surface area contributed by atoms with Crippen molar-refractivity contribution in [1.82, 2.24) is 5.32 Å². The fourth-order valence-electron chi connectivity index (χ4n) is 2.14. The molecule has 1 aliphatic rings. The van der Waals surface area contributed by atoms with Gasteiger partial charge in [-0.3, -0.25) is 0 Å². The third-order valence-electron chi connectivity index (χ3n) is 2.96. The first kappa shape index (κ1) is 12.8. The largest absolute Gasteiger partial charge is 0.395 e. The highest BCUT2D eigenvalue weighted by molar-refractivity contribution is 14.1. The van der Waals surface area contributed by atoms with Crippen LogP contribution in [0.3, 0.4) is 0 Å². The molecule has 3 N–H and O–H groups in total. The highest BCUT2D eigenvalue weighted by Crippen LogP contribution is 2.36. The van der Waals surface area contributed by atoms with Gasteiger partial charge >= 0.3 is 0 Å². The maximum absolute atomic E-state index is 9.09. The first-order valence-electron chi connectivity index (χ1n) is 5.50. The van der Waals surface area contributed by atoms with Gasteiger partial charge in [0.15, 0.2) is 0 Å². The lowest BCUT2D eigenvalue weighted by Crippen LogP contribution is -2.39. The van der Waals surface area contributed by atoms with E-state index in [0.717, 1.165) is 6.42 Å². The number of thiophene rings is 1. The molecule has 0 saturated carbocycles. The lowest BCUT2D eigenvalue weighted by atomic mass is 9.93. The number of fused-ring (bicyclic) bond motifs is 1. The van der Waals surface area contributed by atoms with Crippen LogP contribution in [-0.2, 0) is 6.42 Å². The van der Waals surface area contributed by atoms with Gasteiger partial charge in [0.05, 0.1) is 22.1 Å². The second kappa shape index (κ2) is 5.77. The summed E-state index contributed by atoms with van der Waals surface area (Å²) >= 11 is 4.21. The first-order chi connectivity index (χ1) is 7.74. The Labute approximate surface area is 113 Å². The normalized spacial score (nSPS) is 20.1. The Kier molecular flexibility index (Phi) is 4.60. The molecular formula is C11H16INO2S. The molecule has 1 aliphatic carbocycles. The van der Waals surface area contributed by atoms with Gasteiger partial charge in [-0.2, -0.15) is 0 Å².